The summed E-state index contributed by atoms with van der Waals surface area (Å²) in [6.07, 6.45) is 12.5. The van der Waals surface area contributed by atoms with Gasteiger partial charge in [-0.15, -0.1) is 0 Å². The van der Waals surface area contributed by atoms with Crippen LogP contribution >= 0.6 is 0 Å². The first kappa shape index (κ1) is 16.1. The van der Waals surface area contributed by atoms with Gasteiger partial charge in [0.05, 0.1) is 24.4 Å². The summed E-state index contributed by atoms with van der Waals surface area (Å²) >= 11 is 0. The minimum Gasteiger partial charge on any atom is -0.378 e. The summed E-state index contributed by atoms with van der Waals surface area (Å²) < 4.78 is 11.8. The Bertz CT molecular complexity index is 369. The average Bonchev–Trinajstić information content (AvgIpc) is 3.17. The van der Waals surface area contributed by atoms with Crippen LogP contribution in [0.5, 0.6) is 0 Å². The minimum absolute atomic E-state index is 0.387. The van der Waals surface area contributed by atoms with E-state index in [4.69, 9.17) is 9.47 Å². The van der Waals surface area contributed by atoms with Gasteiger partial charge < -0.3 is 20.1 Å². The molecule has 0 spiro atoms. The van der Waals surface area contributed by atoms with Crippen molar-refractivity contribution in [2.45, 2.75) is 82.1 Å². The van der Waals surface area contributed by atoms with Gasteiger partial charge in [-0.25, -0.2) is 0 Å². The normalized spacial score (nSPS) is 32.4. The molecule has 1 aliphatic carbocycles. The lowest BCUT2D eigenvalue weighted by atomic mass is 9.96. The number of aliphatic imine (C=N–C) groups is 1. The van der Waals surface area contributed by atoms with E-state index >= 15 is 0 Å². The highest BCUT2D eigenvalue weighted by atomic mass is 16.5. The van der Waals surface area contributed by atoms with Crippen molar-refractivity contribution >= 4 is 5.96 Å². The van der Waals surface area contributed by atoms with Gasteiger partial charge in [0.1, 0.15) is 0 Å². The molecule has 5 nitrogen and oxygen atoms in total. The predicted molar refractivity (Wildman–Crippen MR) is 88.2 cm³/mol. The van der Waals surface area contributed by atoms with Gasteiger partial charge in [-0.05, 0) is 38.5 Å². The first-order valence-electron chi connectivity index (χ1n) is 9.09. The van der Waals surface area contributed by atoms with Crippen molar-refractivity contribution in [1.29, 1.82) is 0 Å². The van der Waals surface area contributed by atoms with Crippen molar-refractivity contribution in [2.24, 2.45) is 4.99 Å². The Labute approximate surface area is 134 Å². The molecule has 126 valence electrons. The summed E-state index contributed by atoms with van der Waals surface area (Å²) in [5, 5.41) is 6.91. The summed E-state index contributed by atoms with van der Waals surface area (Å²) in [5.74, 6) is 0.902. The molecule has 0 radical (unpaired) electrons. The van der Waals surface area contributed by atoms with Crippen molar-refractivity contribution in [3.8, 4) is 0 Å². The number of rotatable bonds is 6. The zero-order chi connectivity index (χ0) is 15.2. The summed E-state index contributed by atoms with van der Waals surface area (Å²) in [6, 6.07) is 0.434. The standard InChI is InChI=1S/C17H31N3O2/c1-18-17(20-15-12-14-8-9-16(15)22-14)19-10-5-11-21-13-6-3-2-4-7-13/h13-16H,2-12H2,1H3,(H2,18,19,20). The van der Waals surface area contributed by atoms with E-state index in [-0.39, 0.29) is 0 Å². The monoisotopic (exact) mass is 309 g/mol. The fourth-order valence-corrected chi connectivity index (χ4v) is 3.92. The molecule has 2 saturated heterocycles. The molecular weight excluding hydrogens is 278 g/mol. The van der Waals surface area contributed by atoms with E-state index in [2.05, 4.69) is 15.6 Å². The van der Waals surface area contributed by atoms with E-state index < -0.39 is 0 Å². The number of fused-ring (bicyclic) bond motifs is 2. The fourth-order valence-electron chi connectivity index (χ4n) is 3.92. The van der Waals surface area contributed by atoms with Crippen LogP contribution in [0.2, 0.25) is 0 Å². The van der Waals surface area contributed by atoms with Crippen molar-refractivity contribution in [3.63, 3.8) is 0 Å². The van der Waals surface area contributed by atoms with E-state index in [1.54, 1.807) is 0 Å². The van der Waals surface area contributed by atoms with Crippen LogP contribution in [0.25, 0.3) is 0 Å². The lowest BCUT2D eigenvalue weighted by Gasteiger charge is -2.23. The number of nitrogens with one attached hydrogen (secondary N) is 2. The maximum absolute atomic E-state index is 5.95. The molecule has 3 fully saturated rings. The average molecular weight is 309 g/mol. The van der Waals surface area contributed by atoms with Crippen molar-refractivity contribution in [3.05, 3.63) is 0 Å². The second kappa shape index (κ2) is 8.16. The van der Waals surface area contributed by atoms with Crippen molar-refractivity contribution in [1.82, 2.24) is 10.6 Å². The lowest BCUT2D eigenvalue weighted by molar-refractivity contribution is 0.0277. The zero-order valence-corrected chi connectivity index (χ0v) is 13.9. The van der Waals surface area contributed by atoms with Crippen LogP contribution in [0.1, 0.15) is 57.8 Å². The number of guanidine groups is 1. The Hall–Kier alpha value is -0.810. The molecule has 2 N–H and O–H groups in total. The van der Waals surface area contributed by atoms with E-state index in [1.165, 1.54) is 44.9 Å². The Balaban J connectivity index is 1.27. The molecule has 22 heavy (non-hydrogen) atoms. The molecule has 1 saturated carbocycles. The van der Waals surface area contributed by atoms with Crippen LogP contribution in [0.15, 0.2) is 4.99 Å². The largest absolute Gasteiger partial charge is 0.378 e. The summed E-state index contributed by atoms with van der Waals surface area (Å²) in [5.41, 5.74) is 0. The third-order valence-electron chi connectivity index (χ3n) is 5.17. The lowest BCUT2D eigenvalue weighted by Crippen LogP contribution is -2.47. The predicted octanol–water partition coefficient (Wildman–Crippen LogP) is 2.21. The van der Waals surface area contributed by atoms with Gasteiger partial charge in [-0.1, -0.05) is 19.3 Å². The SMILES string of the molecule is CN=C(NCCCOC1CCCCC1)NC1CC2CCC1O2. The summed E-state index contributed by atoms with van der Waals surface area (Å²) in [4.78, 5) is 4.32. The molecule has 5 heteroatoms. The summed E-state index contributed by atoms with van der Waals surface area (Å²) in [6.45, 7) is 1.76. The van der Waals surface area contributed by atoms with Crippen LogP contribution < -0.4 is 10.6 Å². The molecule has 0 aromatic rings. The van der Waals surface area contributed by atoms with Crippen LogP contribution in [0.3, 0.4) is 0 Å². The van der Waals surface area contributed by atoms with Crippen LogP contribution in [0, 0.1) is 0 Å². The molecular formula is C17H31N3O2. The third-order valence-corrected chi connectivity index (χ3v) is 5.17. The number of ether oxygens (including phenoxy) is 2. The second-order valence-corrected chi connectivity index (χ2v) is 6.84. The van der Waals surface area contributed by atoms with Crippen LogP contribution in [-0.4, -0.2) is 50.5 Å². The number of nitrogens with zero attached hydrogens (tertiary/aromatic N) is 1. The van der Waals surface area contributed by atoms with Crippen molar-refractivity contribution < 1.29 is 9.47 Å². The van der Waals surface area contributed by atoms with Gasteiger partial charge in [0, 0.05) is 20.2 Å². The van der Waals surface area contributed by atoms with Crippen LogP contribution in [-0.2, 0) is 9.47 Å². The summed E-state index contributed by atoms with van der Waals surface area (Å²) in [7, 11) is 1.84. The molecule has 0 aromatic heterocycles. The molecule has 3 aliphatic rings. The minimum atomic E-state index is 0.387. The van der Waals surface area contributed by atoms with E-state index in [0.717, 1.165) is 32.0 Å². The van der Waals surface area contributed by atoms with E-state index in [1.807, 2.05) is 7.05 Å². The molecule has 3 rings (SSSR count). The maximum atomic E-state index is 5.95. The quantitative estimate of drug-likeness (QED) is 0.449. The van der Waals surface area contributed by atoms with Gasteiger partial charge in [-0.2, -0.15) is 0 Å². The van der Waals surface area contributed by atoms with Crippen LogP contribution in [0.4, 0.5) is 0 Å². The highest BCUT2D eigenvalue weighted by molar-refractivity contribution is 5.80. The van der Waals surface area contributed by atoms with Gasteiger partial charge >= 0.3 is 0 Å². The van der Waals surface area contributed by atoms with Gasteiger partial charge in [0.25, 0.3) is 0 Å². The molecule has 2 bridgehead atoms. The first-order valence-corrected chi connectivity index (χ1v) is 9.09. The topological polar surface area (TPSA) is 54.9 Å². The Morgan fingerprint density at radius 2 is 2.05 bits per heavy atom. The van der Waals surface area contributed by atoms with Gasteiger partial charge in [0.2, 0.25) is 0 Å². The third kappa shape index (κ3) is 4.35. The smallest absolute Gasteiger partial charge is 0.191 e. The maximum Gasteiger partial charge on any atom is 0.191 e. The highest BCUT2D eigenvalue weighted by Crippen LogP contribution is 2.34. The molecule has 0 aromatic carbocycles. The molecule has 0 amide bonds. The zero-order valence-electron chi connectivity index (χ0n) is 13.9. The van der Waals surface area contributed by atoms with Gasteiger partial charge in [0.15, 0.2) is 5.96 Å². The molecule has 2 aliphatic heterocycles. The number of hydrogen-bond acceptors (Lipinski definition) is 3. The molecule has 2 heterocycles. The Kier molecular flexibility index (Phi) is 5.96. The molecule has 3 unspecified atom stereocenters. The van der Waals surface area contributed by atoms with E-state index in [0.29, 0.717) is 24.4 Å². The fraction of sp³-hybridized carbons (Fsp3) is 0.941. The Morgan fingerprint density at radius 1 is 1.18 bits per heavy atom. The number of hydrogen-bond donors (Lipinski definition) is 2. The highest BCUT2D eigenvalue weighted by Gasteiger charge is 2.41. The second-order valence-electron chi connectivity index (χ2n) is 6.84. The Morgan fingerprint density at radius 3 is 2.73 bits per heavy atom. The first-order chi connectivity index (χ1) is 10.8. The van der Waals surface area contributed by atoms with Gasteiger partial charge in [-0.3, -0.25) is 4.99 Å². The molecule has 3 atom stereocenters. The van der Waals surface area contributed by atoms with Crippen molar-refractivity contribution in [2.75, 3.05) is 20.2 Å². The van der Waals surface area contributed by atoms with E-state index in [9.17, 15) is 0 Å².